The van der Waals surface area contributed by atoms with Crippen LogP contribution in [0.5, 0.6) is 0 Å². The van der Waals surface area contributed by atoms with Crippen LogP contribution in [0.3, 0.4) is 0 Å². The van der Waals surface area contributed by atoms with Crippen LogP contribution < -0.4 is 0 Å². The summed E-state index contributed by atoms with van der Waals surface area (Å²) in [6.07, 6.45) is 5.12. The average molecular weight is 408 g/mol. The molecule has 1 aromatic carbocycles. The maximum atomic E-state index is 13.5. The van der Waals surface area contributed by atoms with Gasteiger partial charge in [0.05, 0.1) is 16.5 Å². The van der Waals surface area contributed by atoms with E-state index in [1.807, 2.05) is 6.07 Å². The molecule has 3 saturated heterocycles. The van der Waals surface area contributed by atoms with Crippen LogP contribution in [0.25, 0.3) is 0 Å². The van der Waals surface area contributed by atoms with Crippen molar-refractivity contribution in [1.82, 2.24) is 9.21 Å². The molecule has 0 amide bonds. The van der Waals surface area contributed by atoms with E-state index in [4.69, 9.17) is 16.9 Å². The quantitative estimate of drug-likeness (QED) is 0.719. The van der Waals surface area contributed by atoms with Crippen LogP contribution >= 0.6 is 11.6 Å². The van der Waals surface area contributed by atoms with Crippen LogP contribution in [0.2, 0.25) is 0 Å². The summed E-state index contributed by atoms with van der Waals surface area (Å²) < 4.78 is 28.8. The lowest BCUT2D eigenvalue weighted by atomic mass is 9.70. The Morgan fingerprint density at radius 1 is 1.22 bits per heavy atom. The summed E-state index contributed by atoms with van der Waals surface area (Å²) >= 11 is 6.12. The molecule has 0 aliphatic carbocycles. The predicted octanol–water partition coefficient (Wildman–Crippen LogP) is 3.05. The molecule has 3 aliphatic heterocycles. The smallest absolute Gasteiger partial charge is 0.243 e. The highest BCUT2D eigenvalue weighted by Crippen LogP contribution is 2.44. The minimum atomic E-state index is -3.65. The van der Waals surface area contributed by atoms with Gasteiger partial charge >= 0.3 is 0 Å². The number of alkyl halides is 1. The van der Waals surface area contributed by atoms with Crippen molar-refractivity contribution in [3.05, 3.63) is 29.8 Å². The highest BCUT2D eigenvalue weighted by molar-refractivity contribution is 7.89. The van der Waals surface area contributed by atoms with Crippen molar-refractivity contribution < 1.29 is 8.42 Å². The minimum Gasteiger partial charge on any atom is -0.300 e. The molecule has 146 valence electrons. The second-order valence-corrected chi connectivity index (χ2v) is 10.3. The molecular weight excluding hydrogens is 382 g/mol. The number of benzene rings is 1. The zero-order valence-electron chi connectivity index (χ0n) is 15.4. The van der Waals surface area contributed by atoms with Crippen LogP contribution in [0.1, 0.15) is 37.7 Å². The molecule has 0 unspecified atom stereocenters. The van der Waals surface area contributed by atoms with Gasteiger partial charge in [0.25, 0.3) is 0 Å². The summed E-state index contributed by atoms with van der Waals surface area (Å²) in [4.78, 5) is 2.83. The third-order valence-corrected chi connectivity index (χ3v) is 8.70. The van der Waals surface area contributed by atoms with E-state index in [1.54, 1.807) is 22.5 Å². The Morgan fingerprint density at radius 2 is 2.00 bits per heavy atom. The average Bonchev–Trinajstić information content (AvgIpc) is 2.70. The van der Waals surface area contributed by atoms with Crippen molar-refractivity contribution in [2.24, 2.45) is 11.8 Å². The first-order valence-corrected chi connectivity index (χ1v) is 11.9. The molecular formula is C20H26ClN3O2S. The number of hydrogen-bond acceptors (Lipinski definition) is 4. The van der Waals surface area contributed by atoms with Gasteiger partial charge in [-0.1, -0.05) is 6.07 Å². The summed E-state index contributed by atoms with van der Waals surface area (Å²) in [5.74, 6) is 1.21. The van der Waals surface area contributed by atoms with E-state index in [-0.39, 0.29) is 10.9 Å². The molecule has 3 aliphatic rings. The van der Waals surface area contributed by atoms with Gasteiger partial charge < -0.3 is 0 Å². The Hall–Kier alpha value is -1.13. The molecule has 4 atom stereocenters. The standard InChI is InChI=1S/C20H26ClN3O2S/c21-9-8-19-18-7-3-11-23-10-2-5-16(20(18)23)14-24(19)27(25,26)17-6-1-4-15(12-17)13-22/h1,4,6,12,16,18-20H,2-3,5,7-11,14H2/t16-,18+,19+,20-/m0/s1. The number of hydrogen-bond donors (Lipinski definition) is 0. The lowest BCUT2D eigenvalue weighted by Crippen LogP contribution is -2.65. The van der Waals surface area contributed by atoms with E-state index < -0.39 is 10.0 Å². The summed E-state index contributed by atoms with van der Waals surface area (Å²) in [7, 11) is -3.65. The Labute approximate surface area is 166 Å². The van der Waals surface area contributed by atoms with Gasteiger partial charge in [0.15, 0.2) is 0 Å². The molecule has 4 rings (SSSR count). The lowest BCUT2D eigenvalue weighted by molar-refractivity contribution is -0.0507. The normalized spacial score (nSPS) is 31.9. The van der Waals surface area contributed by atoms with Crippen molar-refractivity contribution in [1.29, 1.82) is 5.26 Å². The van der Waals surface area contributed by atoms with E-state index in [9.17, 15) is 8.42 Å². The fourth-order valence-corrected chi connectivity index (χ4v) is 7.59. The van der Waals surface area contributed by atoms with E-state index in [1.165, 1.54) is 6.07 Å². The molecule has 0 radical (unpaired) electrons. The van der Waals surface area contributed by atoms with E-state index >= 15 is 0 Å². The van der Waals surface area contributed by atoms with Gasteiger partial charge in [0, 0.05) is 24.5 Å². The second kappa shape index (κ2) is 7.71. The first kappa shape index (κ1) is 19.2. The molecule has 5 nitrogen and oxygen atoms in total. The van der Waals surface area contributed by atoms with Crippen LogP contribution in [-0.2, 0) is 10.0 Å². The van der Waals surface area contributed by atoms with Crippen molar-refractivity contribution in [3.8, 4) is 6.07 Å². The maximum absolute atomic E-state index is 13.5. The zero-order valence-corrected chi connectivity index (χ0v) is 17.0. The van der Waals surface area contributed by atoms with E-state index in [0.717, 1.165) is 38.8 Å². The highest BCUT2D eigenvalue weighted by Gasteiger charge is 2.51. The van der Waals surface area contributed by atoms with Gasteiger partial charge in [0.1, 0.15) is 0 Å². The number of sulfonamides is 1. The fraction of sp³-hybridized carbons (Fsp3) is 0.650. The number of halogens is 1. The first-order valence-electron chi connectivity index (χ1n) is 9.88. The van der Waals surface area contributed by atoms with Gasteiger partial charge in [-0.25, -0.2) is 8.42 Å². The molecule has 0 bridgehead atoms. The summed E-state index contributed by atoms with van der Waals surface area (Å²) in [5.41, 5.74) is 0.376. The molecule has 7 heteroatoms. The van der Waals surface area contributed by atoms with Crippen molar-refractivity contribution >= 4 is 21.6 Å². The second-order valence-electron chi connectivity index (χ2n) is 7.99. The van der Waals surface area contributed by atoms with E-state index in [2.05, 4.69) is 4.90 Å². The highest BCUT2D eigenvalue weighted by atomic mass is 35.5. The summed E-state index contributed by atoms with van der Waals surface area (Å²) in [6, 6.07) is 8.88. The Bertz CT molecular complexity index is 836. The SMILES string of the molecule is N#Cc1cccc(S(=O)(=O)N2C[C@@H]3CCCN4CCC[C@@H]([C@H]34)[C@H]2CCCl)c1. The molecule has 0 saturated carbocycles. The van der Waals surface area contributed by atoms with Crippen molar-refractivity contribution in [2.45, 2.75) is 49.1 Å². The lowest BCUT2D eigenvalue weighted by Gasteiger charge is -2.57. The fourth-order valence-electron chi connectivity index (χ4n) is 5.56. The van der Waals surface area contributed by atoms with Gasteiger partial charge in [-0.15, -0.1) is 11.6 Å². The van der Waals surface area contributed by atoms with Crippen LogP contribution in [0.4, 0.5) is 0 Å². The van der Waals surface area contributed by atoms with Gasteiger partial charge in [-0.2, -0.15) is 9.57 Å². The van der Waals surface area contributed by atoms with E-state index in [0.29, 0.717) is 42.3 Å². The molecule has 0 N–H and O–H groups in total. The Balaban J connectivity index is 1.72. The molecule has 1 aromatic rings. The summed E-state index contributed by atoms with van der Waals surface area (Å²) in [6.45, 7) is 2.85. The third-order valence-electron chi connectivity index (χ3n) is 6.60. The van der Waals surface area contributed by atoms with Gasteiger partial charge in [0.2, 0.25) is 10.0 Å². The molecule has 27 heavy (non-hydrogen) atoms. The zero-order chi connectivity index (χ0) is 19.0. The maximum Gasteiger partial charge on any atom is 0.243 e. The summed E-state index contributed by atoms with van der Waals surface area (Å²) in [5, 5.41) is 9.16. The third kappa shape index (κ3) is 3.40. The van der Waals surface area contributed by atoms with Gasteiger partial charge in [-0.05, 0) is 75.2 Å². The number of nitrogens with zero attached hydrogens (tertiary/aromatic N) is 3. The monoisotopic (exact) mass is 407 g/mol. The number of nitriles is 1. The van der Waals surface area contributed by atoms with Crippen LogP contribution in [0, 0.1) is 23.2 Å². The van der Waals surface area contributed by atoms with Crippen molar-refractivity contribution in [3.63, 3.8) is 0 Å². The molecule has 3 fully saturated rings. The minimum absolute atomic E-state index is 0.0552. The molecule has 0 aromatic heterocycles. The number of rotatable bonds is 4. The Kier molecular flexibility index (Phi) is 5.48. The number of piperidine rings is 3. The topological polar surface area (TPSA) is 64.4 Å². The van der Waals surface area contributed by atoms with Crippen LogP contribution in [0.15, 0.2) is 29.2 Å². The predicted molar refractivity (Wildman–Crippen MR) is 105 cm³/mol. The van der Waals surface area contributed by atoms with Gasteiger partial charge in [-0.3, -0.25) is 4.90 Å². The largest absolute Gasteiger partial charge is 0.300 e. The van der Waals surface area contributed by atoms with Crippen LogP contribution in [-0.4, -0.2) is 55.2 Å². The first-order chi connectivity index (χ1) is 13.1. The Morgan fingerprint density at radius 3 is 2.74 bits per heavy atom. The van der Waals surface area contributed by atoms with Crippen molar-refractivity contribution in [2.75, 3.05) is 25.5 Å². The molecule has 3 heterocycles. The molecule has 0 spiro atoms.